The van der Waals surface area contributed by atoms with E-state index in [-0.39, 0.29) is 11.8 Å². The summed E-state index contributed by atoms with van der Waals surface area (Å²) in [6.07, 6.45) is 1.81. The van der Waals surface area contributed by atoms with E-state index >= 15 is 0 Å². The minimum absolute atomic E-state index is 0.0603. The molecule has 0 aliphatic carbocycles. The zero-order valence-corrected chi connectivity index (χ0v) is 12.6. The summed E-state index contributed by atoms with van der Waals surface area (Å²) in [5.41, 5.74) is 0.738. The Balaban J connectivity index is 2.32. The fraction of sp³-hybridized carbons (Fsp3) is 0.500. The normalized spacial score (nSPS) is 19.1. The van der Waals surface area contributed by atoms with Crippen LogP contribution < -0.4 is 15.0 Å². The molecule has 0 radical (unpaired) electrons. The first-order chi connectivity index (χ1) is 10.2. The lowest BCUT2D eigenvalue weighted by atomic mass is 10.1. The molecule has 1 atom stereocenters. The topological polar surface area (TPSA) is 58.6 Å². The van der Waals surface area contributed by atoms with E-state index in [0.29, 0.717) is 31.7 Å². The molecule has 1 unspecified atom stereocenters. The SMILES string of the molecule is CCCC1NC(=O)CCN(c2ccccc2OCC)C1=O. The third-order valence-electron chi connectivity index (χ3n) is 3.50. The molecule has 2 rings (SSSR count). The second kappa shape index (κ2) is 7.11. The van der Waals surface area contributed by atoms with Gasteiger partial charge in [0.15, 0.2) is 0 Å². The zero-order valence-electron chi connectivity index (χ0n) is 12.6. The van der Waals surface area contributed by atoms with Crippen molar-refractivity contribution in [3.8, 4) is 5.75 Å². The first-order valence-corrected chi connectivity index (χ1v) is 7.50. The van der Waals surface area contributed by atoms with Gasteiger partial charge in [0.1, 0.15) is 11.8 Å². The molecule has 2 amide bonds. The molecule has 5 nitrogen and oxygen atoms in total. The van der Waals surface area contributed by atoms with E-state index < -0.39 is 6.04 Å². The number of carbonyl (C=O) groups is 2. The van der Waals surface area contributed by atoms with Crippen molar-refractivity contribution in [1.29, 1.82) is 0 Å². The number of amides is 2. The van der Waals surface area contributed by atoms with Crippen molar-refractivity contribution < 1.29 is 14.3 Å². The maximum Gasteiger partial charge on any atom is 0.249 e. The quantitative estimate of drug-likeness (QED) is 0.903. The predicted octanol–water partition coefficient (Wildman–Crippen LogP) is 2.11. The van der Waals surface area contributed by atoms with Gasteiger partial charge in [-0.3, -0.25) is 9.59 Å². The van der Waals surface area contributed by atoms with Gasteiger partial charge in [-0.2, -0.15) is 0 Å². The van der Waals surface area contributed by atoms with Gasteiger partial charge in [0.2, 0.25) is 11.8 Å². The molecule has 5 heteroatoms. The van der Waals surface area contributed by atoms with Crippen LogP contribution in [0.2, 0.25) is 0 Å². The van der Waals surface area contributed by atoms with Gasteiger partial charge in [0.25, 0.3) is 0 Å². The summed E-state index contributed by atoms with van der Waals surface area (Å²) in [7, 11) is 0. The minimum atomic E-state index is -0.445. The van der Waals surface area contributed by atoms with Gasteiger partial charge >= 0.3 is 0 Å². The van der Waals surface area contributed by atoms with Crippen LogP contribution in [-0.4, -0.2) is 31.0 Å². The summed E-state index contributed by atoms with van der Waals surface area (Å²) in [5.74, 6) is 0.547. The number of carbonyl (C=O) groups excluding carboxylic acids is 2. The Kier molecular flexibility index (Phi) is 5.20. The van der Waals surface area contributed by atoms with Gasteiger partial charge in [-0.1, -0.05) is 25.5 Å². The molecular weight excluding hydrogens is 268 g/mol. The lowest BCUT2D eigenvalue weighted by Crippen LogP contribution is -2.44. The van der Waals surface area contributed by atoms with E-state index in [2.05, 4.69) is 5.32 Å². The predicted molar refractivity (Wildman–Crippen MR) is 81.4 cm³/mol. The summed E-state index contributed by atoms with van der Waals surface area (Å²) in [5, 5.41) is 2.81. The first-order valence-electron chi connectivity index (χ1n) is 7.50. The molecule has 114 valence electrons. The number of anilines is 1. The van der Waals surface area contributed by atoms with Crippen molar-refractivity contribution in [1.82, 2.24) is 5.32 Å². The number of para-hydroxylation sites is 2. The molecule has 0 saturated carbocycles. The molecule has 21 heavy (non-hydrogen) atoms. The van der Waals surface area contributed by atoms with Crippen molar-refractivity contribution in [2.24, 2.45) is 0 Å². The summed E-state index contributed by atoms with van der Waals surface area (Å²) >= 11 is 0. The monoisotopic (exact) mass is 290 g/mol. The Morgan fingerprint density at radius 3 is 2.76 bits per heavy atom. The van der Waals surface area contributed by atoms with E-state index in [0.717, 1.165) is 12.1 Å². The van der Waals surface area contributed by atoms with Crippen molar-refractivity contribution >= 4 is 17.5 Å². The van der Waals surface area contributed by atoms with Gasteiger partial charge in [-0.15, -0.1) is 0 Å². The zero-order chi connectivity index (χ0) is 15.2. The van der Waals surface area contributed by atoms with Gasteiger partial charge in [0, 0.05) is 13.0 Å². The van der Waals surface area contributed by atoms with E-state index in [1.54, 1.807) is 4.90 Å². The molecular formula is C16H22N2O3. The molecule has 1 saturated heterocycles. The van der Waals surface area contributed by atoms with Crippen LogP contribution in [0.1, 0.15) is 33.1 Å². The minimum Gasteiger partial charge on any atom is -0.492 e. The molecule has 1 aromatic carbocycles. The highest BCUT2D eigenvalue weighted by atomic mass is 16.5. The van der Waals surface area contributed by atoms with Crippen molar-refractivity contribution in [3.63, 3.8) is 0 Å². The van der Waals surface area contributed by atoms with Crippen LogP contribution in [0.3, 0.4) is 0 Å². The number of nitrogens with one attached hydrogen (secondary N) is 1. The van der Waals surface area contributed by atoms with E-state index in [1.165, 1.54) is 0 Å². The molecule has 0 aromatic heterocycles. The summed E-state index contributed by atoms with van der Waals surface area (Å²) < 4.78 is 5.60. The van der Waals surface area contributed by atoms with Crippen LogP contribution >= 0.6 is 0 Å². The van der Waals surface area contributed by atoms with Crippen molar-refractivity contribution in [3.05, 3.63) is 24.3 Å². The Bertz CT molecular complexity index is 516. The Labute approximate surface area is 125 Å². The van der Waals surface area contributed by atoms with E-state index in [4.69, 9.17) is 4.74 Å². The van der Waals surface area contributed by atoms with E-state index in [1.807, 2.05) is 38.1 Å². The average Bonchev–Trinajstić information content (AvgIpc) is 2.61. The summed E-state index contributed by atoms with van der Waals surface area (Å²) in [6.45, 7) is 4.83. The Hall–Kier alpha value is -2.04. The fourth-order valence-electron chi connectivity index (χ4n) is 2.52. The van der Waals surface area contributed by atoms with Crippen LogP contribution in [-0.2, 0) is 9.59 Å². The van der Waals surface area contributed by atoms with Crippen LogP contribution in [0.25, 0.3) is 0 Å². The number of rotatable bonds is 5. The molecule has 0 bridgehead atoms. The largest absolute Gasteiger partial charge is 0.492 e. The average molecular weight is 290 g/mol. The Morgan fingerprint density at radius 1 is 1.29 bits per heavy atom. The summed E-state index contributed by atoms with van der Waals surface area (Å²) in [6, 6.07) is 7.02. The van der Waals surface area contributed by atoms with Crippen molar-refractivity contribution in [2.75, 3.05) is 18.1 Å². The van der Waals surface area contributed by atoms with Crippen LogP contribution in [0, 0.1) is 0 Å². The van der Waals surface area contributed by atoms with Gasteiger partial charge < -0.3 is 15.0 Å². The molecule has 1 N–H and O–H groups in total. The Morgan fingerprint density at radius 2 is 2.05 bits per heavy atom. The lowest BCUT2D eigenvalue weighted by molar-refractivity contribution is -0.125. The molecule has 1 aliphatic rings. The smallest absolute Gasteiger partial charge is 0.249 e. The number of ether oxygens (including phenoxy) is 1. The summed E-state index contributed by atoms with van der Waals surface area (Å²) in [4.78, 5) is 26.1. The number of benzene rings is 1. The first kappa shape index (κ1) is 15.4. The van der Waals surface area contributed by atoms with Gasteiger partial charge in [-0.25, -0.2) is 0 Å². The molecule has 0 spiro atoms. The van der Waals surface area contributed by atoms with Crippen LogP contribution in [0.15, 0.2) is 24.3 Å². The van der Waals surface area contributed by atoms with Crippen LogP contribution in [0.4, 0.5) is 5.69 Å². The maximum atomic E-state index is 12.7. The third kappa shape index (κ3) is 3.54. The molecule has 1 heterocycles. The second-order valence-electron chi connectivity index (χ2n) is 5.05. The number of hydrogen-bond acceptors (Lipinski definition) is 3. The standard InChI is InChI=1S/C16H22N2O3/c1-3-7-12-16(20)18(11-10-15(19)17-12)13-8-5-6-9-14(13)21-4-2/h5-6,8-9,12H,3-4,7,10-11H2,1-2H3,(H,17,19). The highest BCUT2D eigenvalue weighted by Crippen LogP contribution is 2.29. The highest BCUT2D eigenvalue weighted by Gasteiger charge is 2.31. The second-order valence-corrected chi connectivity index (χ2v) is 5.05. The fourth-order valence-corrected chi connectivity index (χ4v) is 2.52. The maximum absolute atomic E-state index is 12.7. The number of nitrogens with zero attached hydrogens (tertiary/aromatic N) is 1. The van der Waals surface area contributed by atoms with Gasteiger partial charge in [0.05, 0.1) is 12.3 Å². The highest BCUT2D eigenvalue weighted by molar-refractivity contribution is 6.02. The lowest BCUT2D eigenvalue weighted by Gasteiger charge is -2.25. The molecule has 1 aliphatic heterocycles. The van der Waals surface area contributed by atoms with Crippen LogP contribution in [0.5, 0.6) is 5.75 Å². The van der Waals surface area contributed by atoms with Gasteiger partial charge in [-0.05, 0) is 25.5 Å². The van der Waals surface area contributed by atoms with Crippen molar-refractivity contribution in [2.45, 2.75) is 39.2 Å². The van der Waals surface area contributed by atoms with E-state index in [9.17, 15) is 9.59 Å². The molecule has 1 fully saturated rings. The number of hydrogen-bond donors (Lipinski definition) is 1. The molecule has 1 aromatic rings. The third-order valence-corrected chi connectivity index (χ3v) is 3.50.